The van der Waals surface area contributed by atoms with Crippen molar-refractivity contribution >= 4 is 17.4 Å². The van der Waals surface area contributed by atoms with E-state index < -0.39 is 40.6 Å². The molecule has 7 nitrogen and oxygen atoms in total. The molecule has 210 valence electrons. The molecule has 2 heterocycles. The fraction of sp³-hybridized carbons (Fsp3) is 0.241. The summed E-state index contributed by atoms with van der Waals surface area (Å²) in [5, 5.41) is 5.34. The fourth-order valence-corrected chi connectivity index (χ4v) is 4.30. The van der Waals surface area contributed by atoms with Gasteiger partial charge in [-0.3, -0.25) is 9.20 Å². The number of carbonyl (C=O) groups is 1. The van der Waals surface area contributed by atoms with Crippen LogP contribution in [0.5, 0.6) is 0 Å². The third kappa shape index (κ3) is 5.85. The van der Waals surface area contributed by atoms with Crippen LogP contribution in [0.25, 0.3) is 16.9 Å². The van der Waals surface area contributed by atoms with E-state index in [1.54, 1.807) is 17.6 Å². The number of carbonyl (C=O) groups excluding carboxylic acids is 1. The highest BCUT2D eigenvalue weighted by atomic mass is 19.4. The molecule has 1 amide bonds. The van der Waals surface area contributed by atoms with Crippen molar-refractivity contribution in [3.05, 3.63) is 101 Å². The van der Waals surface area contributed by atoms with E-state index in [0.717, 1.165) is 11.6 Å². The molecule has 40 heavy (non-hydrogen) atoms. The molecule has 0 fully saturated rings. The van der Waals surface area contributed by atoms with Gasteiger partial charge in [-0.1, -0.05) is 30.3 Å². The zero-order chi connectivity index (χ0) is 29.2. The molecule has 4 N–H and O–H groups in total. The third-order valence-corrected chi connectivity index (χ3v) is 6.70. The quantitative estimate of drug-likeness (QED) is 0.241. The molecule has 0 saturated carbocycles. The van der Waals surface area contributed by atoms with Gasteiger partial charge >= 0.3 is 6.18 Å². The number of nitrogens with zero attached hydrogens (tertiary/aromatic N) is 3. The van der Waals surface area contributed by atoms with Gasteiger partial charge < -0.3 is 21.3 Å². The summed E-state index contributed by atoms with van der Waals surface area (Å²) in [6.45, 7) is 2.04. The first-order valence-electron chi connectivity index (χ1n) is 12.5. The van der Waals surface area contributed by atoms with Gasteiger partial charge in [0, 0.05) is 24.8 Å². The highest BCUT2D eigenvalue weighted by molar-refractivity contribution is 6.06. The van der Waals surface area contributed by atoms with E-state index in [4.69, 9.17) is 10.7 Å². The second-order valence-corrected chi connectivity index (χ2v) is 9.55. The molecule has 2 unspecified atom stereocenters. The molecule has 2 aromatic heterocycles. The number of nitrogens with one attached hydrogen (secondary N) is 2. The summed E-state index contributed by atoms with van der Waals surface area (Å²) < 4.78 is 57.9. The van der Waals surface area contributed by atoms with Crippen molar-refractivity contribution < 1.29 is 22.4 Å². The number of amides is 1. The van der Waals surface area contributed by atoms with Crippen LogP contribution in [0.3, 0.4) is 0 Å². The van der Waals surface area contributed by atoms with Gasteiger partial charge in [-0.25, -0.2) is 9.37 Å². The van der Waals surface area contributed by atoms with Gasteiger partial charge in [-0.2, -0.15) is 13.2 Å². The first kappa shape index (κ1) is 28.8. The smallest absolute Gasteiger partial charge is 0.394 e. The Bertz CT molecular complexity index is 1550. The van der Waals surface area contributed by atoms with E-state index >= 15 is 4.39 Å². The Morgan fingerprint density at radius 1 is 1.12 bits per heavy atom. The Kier molecular flexibility index (Phi) is 8.26. The second kappa shape index (κ2) is 11.5. The monoisotopic (exact) mass is 554 g/mol. The van der Waals surface area contributed by atoms with E-state index in [0.29, 0.717) is 23.0 Å². The van der Waals surface area contributed by atoms with E-state index in [1.807, 2.05) is 68.4 Å². The van der Waals surface area contributed by atoms with Crippen LogP contribution in [-0.2, 0) is 6.18 Å². The number of nitrogens with two attached hydrogens (primary N) is 1. The van der Waals surface area contributed by atoms with Crippen LogP contribution in [0, 0.1) is 5.82 Å². The lowest BCUT2D eigenvalue weighted by molar-refractivity contribution is -0.138. The summed E-state index contributed by atoms with van der Waals surface area (Å²) in [5.74, 6) is -2.02. The average molecular weight is 555 g/mol. The number of halogens is 4. The number of hydrogen-bond donors (Lipinski definition) is 3. The lowest BCUT2D eigenvalue weighted by Crippen LogP contribution is -2.21. The largest absolute Gasteiger partial charge is 0.416 e. The molecule has 0 aliphatic carbocycles. The highest BCUT2D eigenvalue weighted by Gasteiger charge is 2.36. The van der Waals surface area contributed by atoms with E-state index in [-0.39, 0.29) is 11.9 Å². The molecule has 0 spiro atoms. The zero-order valence-corrected chi connectivity index (χ0v) is 22.4. The van der Waals surface area contributed by atoms with Gasteiger partial charge in [0.05, 0.1) is 17.2 Å². The molecule has 0 aliphatic heterocycles. The molecule has 0 bridgehead atoms. The number of alkyl halides is 3. The summed E-state index contributed by atoms with van der Waals surface area (Å²) in [5.41, 5.74) is 6.34. The SMILES string of the molecule is CN/C=C\C(N)c1cc(C(=O)Nc2c(-c3ccccc3)nc3cc(C(C)N(C)C)ccn23)c(F)cc1C(F)(F)F. The summed E-state index contributed by atoms with van der Waals surface area (Å²) in [6, 6.07) is 12.8. The summed E-state index contributed by atoms with van der Waals surface area (Å²) in [6.07, 6.45) is -0.481. The van der Waals surface area contributed by atoms with Crippen LogP contribution >= 0.6 is 0 Å². The third-order valence-electron chi connectivity index (χ3n) is 6.70. The maximum absolute atomic E-state index is 15.1. The number of benzene rings is 2. The van der Waals surface area contributed by atoms with Gasteiger partial charge in [0.25, 0.3) is 5.91 Å². The Morgan fingerprint density at radius 3 is 2.45 bits per heavy atom. The number of fused-ring (bicyclic) bond motifs is 1. The minimum absolute atomic E-state index is 0.0840. The highest BCUT2D eigenvalue weighted by Crippen LogP contribution is 2.37. The van der Waals surface area contributed by atoms with Crippen LogP contribution in [0.2, 0.25) is 0 Å². The molecule has 0 saturated heterocycles. The first-order chi connectivity index (χ1) is 18.9. The van der Waals surface area contributed by atoms with Crippen LogP contribution in [0.15, 0.2) is 73.1 Å². The van der Waals surface area contributed by atoms with Crippen LogP contribution in [0.4, 0.5) is 23.4 Å². The van der Waals surface area contributed by atoms with E-state index in [1.165, 1.54) is 12.3 Å². The summed E-state index contributed by atoms with van der Waals surface area (Å²) in [4.78, 5) is 20.2. The molecule has 2 atom stereocenters. The first-order valence-corrected chi connectivity index (χ1v) is 12.5. The predicted octanol–water partition coefficient (Wildman–Crippen LogP) is 5.77. The van der Waals surface area contributed by atoms with Crippen molar-refractivity contribution in [1.29, 1.82) is 0 Å². The normalized spacial score (nSPS) is 13.7. The average Bonchev–Trinajstić information content (AvgIpc) is 3.28. The maximum atomic E-state index is 15.1. The Morgan fingerprint density at radius 2 is 1.82 bits per heavy atom. The van der Waals surface area contributed by atoms with Gasteiger partial charge in [0.1, 0.15) is 23.0 Å². The van der Waals surface area contributed by atoms with Crippen molar-refractivity contribution in [3.8, 4) is 11.3 Å². The number of aromatic nitrogens is 2. The Labute approximate surface area is 229 Å². The molecule has 2 aromatic carbocycles. The van der Waals surface area contributed by atoms with Gasteiger partial charge in [-0.05, 0) is 68.7 Å². The van der Waals surface area contributed by atoms with Crippen molar-refractivity contribution in [1.82, 2.24) is 19.6 Å². The number of rotatable bonds is 8. The van der Waals surface area contributed by atoms with Gasteiger partial charge in [-0.15, -0.1) is 0 Å². The minimum Gasteiger partial charge on any atom is -0.394 e. The van der Waals surface area contributed by atoms with Crippen molar-refractivity contribution in [3.63, 3.8) is 0 Å². The maximum Gasteiger partial charge on any atom is 0.416 e. The number of imidazole rings is 1. The van der Waals surface area contributed by atoms with Crippen molar-refractivity contribution in [2.45, 2.75) is 25.2 Å². The molecular formula is C29H30F4N6O. The summed E-state index contributed by atoms with van der Waals surface area (Å²) in [7, 11) is 5.46. The minimum atomic E-state index is -4.88. The van der Waals surface area contributed by atoms with Gasteiger partial charge in [0.15, 0.2) is 0 Å². The Balaban J connectivity index is 1.83. The molecule has 11 heteroatoms. The molecule has 4 aromatic rings. The molecule has 0 aliphatic rings. The zero-order valence-electron chi connectivity index (χ0n) is 22.4. The van der Waals surface area contributed by atoms with Crippen molar-refractivity contribution in [2.24, 2.45) is 5.73 Å². The lowest BCUT2D eigenvalue weighted by Gasteiger charge is -2.20. The second-order valence-electron chi connectivity index (χ2n) is 9.55. The van der Waals surface area contributed by atoms with Crippen molar-refractivity contribution in [2.75, 3.05) is 26.5 Å². The number of hydrogen-bond acceptors (Lipinski definition) is 5. The van der Waals surface area contributed by atoms with Crippen LogP contribution in [0.1, 0.15) is 46.1 Å². The number of pyridine rings is 1. The van der Waals surface area contributed by atoms with Crippen LogP contribution < -0.4 is 16.4 Å². The topological polar surface area (TPSA) is 87.7 Å². The Hall–Kier alpha value is -4.22. The molecule has 0 radical (unpaired) electrons. The molecular weight excluding hydrogens is 524 g/mol. The fourth-order valence-electron chi connectivity index (χ4n) is 4.30. The van der Waals surface area contributed by atoms with Gasteiger partial charge in [0.2, 0.25) is 0 Å². The van der Waals surface area contributed by atoms with E-state index in [2.05, 4.69) is 10.6 Å². The van der Waals surface area contributed by atoms with Crippen LogP contribution in [-0.4, -0.2) is 41.3 Å². The lowest BCUT2D eigenvalue weighted by atomic mass is 9.96. The summed E-state index contributed by atoms with van der Waals surface area (Å²) >= 11 is 0. The predicted molar refractivity (Wildman–Crippen MR) is 147 cm³/mol. The van der Waals surface area contributed by atoms with E-state index in [9.17, 15) is 18.0 Å². The molecule has 4 rings (SSSR count). The standard InChI is InChI=1S/C29H30F4N6O/c1-17(38(3)4)19-11-13-39-25(14-19)36-26(18-8-6-5-7-9-18)27(39)37-28(40)21-15-20(24(34)10-12-35-2)22(16-23(21)30)29(31,32)33/h5-17,24,35H,34H2,1-4H3,(H,37,40)/b12-10-. The number of anilines is 1.